The highest BCUT2D eigenvalue weighted by Gasteiger charge is 2.17. The van der Waals surface area contributed by atoms with Gasteiger partial charge in [0.05, 0.1) is 16.6 Å². The van der Waals surface area contributed by atoms with Gasteiger partial charge in [-0.05, 0) is 18.2 Å². The van der Waals surface area contributed by atoms with Crippen LogP contribution >= 0.6 is 0 Å². The van der Waals surface area contributed by atoms with Gasteiger partial charge in [-0.15, -0.1) is 0 Å². The lowest BCUT2D eigenvalue weighted by Crippen LogP contribution is -2.13. The van der Waals surface area contributed by atoms with Gasteiger partial charge in [0.15, 0.2) is 0 Å². The summed E-state index contributed by atoms with van der Waals surface area (Å²) in [5.41, 5.74) is 2.26. The van der Waals surface area contributed by atoms with Crippen LogP contribution in [0.4, 0.5) is 0 Å². The summed E-state index contributed by atoms with van der Waals surface area (Å²) >= 11 is 0. The Morgan fingerprint density at radius 3 is 2.05 bits per heavy atom. The highest BCUT2D eigenvalue weighted by atomic mass is 16.2. The molecule has 0 atom stereocenters. The molecule has 4 nitrogen and oxygen atoms in total. The van der Waals surface area contributed by atoms with Crippen LogP contribution in [0.3, 0.4) is 0 Å². The molecule has 4 heteroatoms. The fraction of sp³-hybridized carbons (Fsp3) is 0. The molecule has 2 aromatic heterocycles. The largest absolute Gasteiger partial charge is 0.279 e. The summed E-state index contributed by atoms with van der Waals surface area (Å²) in [5, 5.41) is 5.74. The van der Waals surface area contributed by atoms with E-state index >= 15 is 0 Å². The van der Waals surface area contributed by atoms with Gasteiger partial charge in [-0.1, -0.05) is 36.4 Å². The van der Waals surface area contributed by atoms with Gasteiger partial charge in [-0.2, -0.15) is 5.10 Å². The topological polar surface area (TPSA) is 47.8 Å². The Kier molecular flexibility index (Phi) is 2.54. The van der Waals surface area contributed by atoms with Crippen LogP contribution in [-0.4, -0.2) is 20.7 Å². The van der Waals surface area contributed by atoms with Crippen molar-refractivity contribution >= 4 is 27.7 Å². The van der Waals surface area contributed by atoms with Crippen LogP contribution in [-0.2, 0) is 0 Å². The maximum Gasteiger partial charge on any atom is 0.279 e. The standard InChI is InChI=1S/C17H11N3O/c21-17(20-11-5-10-18-20)16-12-6-1-3-8-14(12)19-15-9-4-2-7-13(15)16/h1-11H. The maximum atomic E-state index is 12.8. The van der Waals surface area contributed by atoms with Crippen molar-refractivity contribution < 1.29 is 4.79 Å². The average Bonchev–Trinajstić information content (AvgIpc) is 3.06. The number of benzene rings is 2. The minimum Gasteiger partial charge on any atom is -0.267 e. The van der Waals surface area contributed by atoms with Crippen molar-refractivity contribution in [3.63, 3.8) is 0 Å². The van der Waals surface area contributed by atoms with Gasteiger partial charge < -0.3 is 0 Å². The van der Waals surface area contributed by atoms with Gasteiger partial charge in [-0.3, -0.25) is 4.79 Å². The van der Waals surface area contributed by atoms with Crippen LogP contribution in [0.1, 0.15) is 10.4 Å². The number of carbonyl (C=O) groups is 1. The molecule has 0 N–H and O–H groups in total. The van der Waals surface area contributed by atoms with Crippen molar-refractivity contribution in [3.05, 3.63) is 72.6 Å². The third-order valence-corrected chi connectivity index (χ3v) is 3.51. The second-order valence-corrected chi connectivity index (χ2v) is 4.78. The molecule has 0 saturated carbocycles. The molecule has 0 aliphatic heterocycles. The number of fused-ring (bicyclic) bond motifs is 2. The number of rotatable bonds is 1. The lowest BCUT2D eigenvalue weighted by molar-refractivity contribution is 0.0948. The molecule has 0 radical (unpaired) electrons. The van der Waals surface area contributed by atoms with E-state index in [0.717, 1.165) is 21.8 Å². The maximum absolute atomic E-state index is 12.8. The minimum atomic E-state index is -0.144. The van der Waals surface area contributed by atoms with Gasteiger partial charge >= 0.3 is 0 Å². The Morgan fingerprint density at radius 1 is 0.857 bits per heavy atom. The summed E-state index contributed by atoms with van der Waals surface area (Å²) in [7, 11) is 0. The lowest BCUT2D eigenvalue weighted by Gasteiger charge is -2.09. The van der Waals surface area contributed by atoms with Crippen LogP contribution in [0.25, 0.3) is 21.8 Å². The Bertz CT molecular complexity index is 904. The van der Waals surface area contributed by atoms with E-state index in [9.17, 15) is 4.79 Å². The quantitative estimate of drug-likeness (QED) is 0.500. The van der Waals surface area contributed by atoms with E-state index in [0.29, 0.717) is 5.56 Å². The van der Waals surface area contributed by atoms with Crippen LogP contribution < -0.4 is 0 Å². The van der Waals surface area contributed by atoms with E-state index in [4.69, 9.17) is 0 Å². The Hall–Kier alpha value is -3.01. The first-order chi connectivity index (χ1) is 10.3. The van der Waals surface area contributed by atoms with Crippen molar-refractivity contribution in [1.82, 2.24) is 14.8 Å². The van der Waals surface area contributed by atoms with Crippen LogP contribution in [0.2, 0.25) is 0 Å². The first-order valence-electron chi connectivity index (χ1n) is 6.66. The molecule has 0 fully saturated rings. The number of para-hydroxylation sites is 2. The number of hydrogen-bond acceptors (Lipinski definition) is 3. The Balaban J connectivity index is 2.14. The van der Waals surface area contributed by atoms with Crippen molar-refractivity contribution in [3.8, 4) is 0 Å². The first kappa shape index (κ1) is 11.8. The Labute approximate surface area is 120 Å². The molecule has 0 aliphatic rings. The molecule has 0 unspecified atom stereocenters. The predicted molar refractivity (Wildman–Crippen MR) is 81.2 cm³/mol. The highest BCUT2D eigenvalue weighted by Crippen LogP contribution is 2.26. The number of nitrogens with zero attached hydrogens (tertiary/aromatic N) is 3. The molecule has 4 rings (SSSR count). The van der Waals surface area contributed by atoms with E-state index in [1.54, 1.807) is 18.5 Å². The third-order valence-electron chi connectivity index (χ3n) is 3.51. The second kappa shape index (κ2) is 4.52. The number of pyridine rings is 1. The normalized spacial score (nSPS) is 11.0. The van der Waals surface area contributed by atoms with Crippen LogP contribution in [0, 0.1) is 0 Å². The van der Waals surface area contributed by atoms with Crippen molar-refractivity contribution in [2.75, 3.05) is 0 Å². The smallest absolute Gasteiger partial charge is 0.267 e. The number of aromatic nitrogens is 3. The van der Waals surface area contributed by atoms with E-state index in [-0.39, 0.29) is 5.91 Å². The lowest BCUT2D eigenvalue weighted by atomic mass is 10.0. The number of carbonyl (C=O) groups excluding carboxylic acids is 1. The molecular formula is C17H11N3O. The molecule has 0 amide bonds. The highest BCUT2D eigenvalue weighted by molar-refractivity contribution is 6.16. The third kappa shape index (κ3) is 1.80. The van der Waals surface area contributed by atoms with E-state index < -0.39 is 0 Å². The molecule has 0 saturated heterocycles. The summed E-state index contributed by atoms with van der Waals surface area (Å²) < 4.78 is 1.36. The summed E-state index contributed by atoms with van der Waals surface area (Å²) in [6.45, 7) is 0. The molecule has 2 aromatic carbocycles. The molecule has 0 bridgehead atoms. The van der Waals surface area contributed by atoms with Gasteiger partial charge in [0.1, 0.15) is 0 Å². The summed E-state index contributed by atoms with van der Waals surface area (Å²) in [6, 6.07) is 17.1. The molecule has 21 heavy (non-hydrogen) atoms. The molecule has 4 aromatic rings. The van der Waals surface area contributed by atoms with Crippen molar-refractivity contribution in [1.29, 1.82) is 0 Å². The number of hydrogen-bond donors (Lipinski definition) is 0. The van der Waals surface area contributed by atoms with Gasteiger partial charge in [0, 0.05) is 23.2 Å². The van der Waals surface area contributed by atoms with Gasteiger partial charge in [0.25, 0.3) is 5.91 Å². The summed E-state index contributed by atoms with van der Waals surface area (Å²) in [4.78, 5) is 17.4. The molecule has 0 spiro atoms. The zero-order valence-corrected chi connectivity index (χ0v) is 11.1. The van der Waals surface area contributed by atoms with Crippen LogP contribution in [0.5, 0.6) is 0 Å². The zero-order chi connectivity index (χ0) is 14.2. The van der Waals surface area contributed by atoms with Crippen LogP contribution in [0.15, 0.2) is 67.0 Å². The summed E-state index contributed by atoms with van der Waals surface area (Å²) in [5.74, 6) is -0.144. The molecule has 100 valence electrons. The monoisotopic (exact) mass is 273 g/mol. The second-order valence-electron chi connectivity index (χ2n) is 4.78. The predicted octanol–water partition coefficient (Wildman–Crippen LogP) is 3.27. The molecular weight excluding hydrogens is 262 g/mol. The fourth-order valence-corrected chi connectivity index (χ4v) is 2.57. The molecule has 2 heterocycles. The van der Waals surface area contributed by atoms with E-state index in [1.807, 2.05) is 48.5 Å². The average molecular weight is 273 g/mol. The van der Waals surface area contributed by atoms with E-state index in [2.05, 4.69) is 10.1 Å². The van der Waals surface area contributed by atoms with Gasteiger partial charge in [0.2, 0.25) is 0 Å². The van der Waals surface area contributed by atoms with Crippen molar-refractivity contribution in [2.45, 2.75) is 0 Å². The van der Waals surface area contributed by atoms with E-state index in [1.165, 1.54) is 4.68 Å². The Morgan fingerprint density at radius 2 is 1.48 bits per heavy atom. The minimum absolute atomic E-state index is 0.144. The first-order valence-corrected chi connectivity index (χ1v) is 6.66. The summed E-state index contributed by atoms with van der Waals surface area (Å²) in [6.07, 6.45) is 3.26. The zero-order valence-electron chi connectivity index (χ0n) is 11.1. The van der Waals surface area contributed by atoms with Crippen molar-refractivity contribution in [2.24, 2.45) is 0 Å². The van der Waals surface area contributed by atoms with Gasteiger partial charge in [-0.25, -0.2) is 9.67 Å². The fourth-order valence-electron chi connectivity index (χ4n) is 2.57. The SMILES string of the molecule is O=C(c1c2ccccc2nc2ccccc12)n1cccn1. The molecule has 0 aliphatic carbocycles.